The number of amides is 2. The van der Waals surface area contributed by atoms with Gasteiger partial charge in [0.2, 0.25) is 0 Å². The number of carbonyl (C=O) groups is 2. The maximum Gasteiger partial charge on any atom is 0.338 e. The third-order valence-electron chi connectivity index (χ3n) is 4.47. The smallest absolute Gasteiger partial charge is 0.338 e. The molecule has 2 amide bonds. The molecule has 1 saturated carbocycles. The number of benzene rings is 1. The predicted octanol–water partition coefficient (Wildman–Crippen LogP) is 3.69. The average molecular weight is 399 g/mol. The summed E-state index contributed by atoms with van der Waals surface area (Å²) < 4.78 is 10.2. The van der Waals surface area contributed by atoms with Crippen molar-refractivity contribution in [3.63, 3.8) is 0 Å². The summed E-state index contributed by atoms with van der Waals surface area (Å²) in [6, 6.07) is 4.26. The molecule has 1 aliphatic heterocycles. The number of halogens is 2. The third kappa shape index (κ3) is 3.68. The van der Waals surface area contributed by atoms with E-state index in [4.69, 9.17) is 32.7 Å². The Kier molecular flexibility index (Phi) is 5.75. The fourth-order valence-corrected chi connectivity index (χ4v) is 3.48. The third-order valence-corrected chi connectivity index (χ3v) is 5.30. The lowest BCUT2D eigenvalue weighted by Gasteiger charge is -2.35. The molecule has 1 fully saturated rings. The second-order valence-corrected chi connectivity index (χ2v) is 7.04. The molecule has 1 aromatic rings. The van der Waals surface area contributed by atoms with Crippen LogP contribution in [0.25, 0.3) is 0 Å². The van der Waals surface area contributed by atoms with Crippen LogP contribution in [-0.4, -0.2) is 43.3 Å². The van der Waals surface area contributed by atoms with Gasteiger partial charge >= 0.3 is 12.0 Å². The quantitative estimate of drug-likeness (QED) is 0.585. The van der Waals surface area contributed by atoms with Crippen LogP contribution in [0, 0.1) is 0 Å². The first kappa shape index (κ1) is 19.0. The zero-order valence-electron chi connectivity index (χ0n) is 14.6. The molecule has 1 aliphatic carbocycles. The van der Waals surface area contributed by atoms with Crippen molar-refractivity contribution in [3.05, 3.63) is 45.1 Å². The largest absolute Gasteiger partial charge is 0.460 e. The fourth-order valence-electron chi connectivity index (χ4n) is 3.07. The van der Waals surface area contributed by atoms with Crippen molar-refractivity contribution in [2.75, 3.05) is 20.3 Å². The molecule has 140 valence electrons. The van der Waals surface area contributed by atoms with Crippen LogP contribution in [0.4, 0.5) is 4.79 Å². The van der Waals surface area contributed by atoms with E-state index in [1.165, 1.54) is 7.11 Å². The van der Waals surface area contributed by atoms with Gasteiger partial charge in [0.05, 0.1) is 28.3 Å². The number of nitrogens with one attached hydrogen (secondary N) is 1. The number of hydrogen-bond donors (Lipinski definition) is 1. The van der Waals surface area contributed by atoms with E-state index in [-0.39, 0.29) is 18.7 Å². The van der Waals surface area contributed by atoms with E-state index in [0.29, 0.717) is 33.5 Å². The summed E-state index contributed by atoms with van der Waals surface area (Å²) in [4.78, 5) is 27.0. The Balaban J connectivity index is 2.02. The van der Waals surface area contributed by atoms with Gasteiger partial charge in [0.25, 0.3) is 0 Å². The zero-order chi connectivity index (χ0) is 18.8. The van der Waals surface area contributed by atoms with Crippen molar-refractivity contribution in [2.24, 2.45) is 0 Å². The summed E-state index contributed by atoms with van der Waals surface area (Å²) in [6.07, 6.45) is 1.83. The number of esters is 1. The topological polar surface area (TPSA) is 67.9 Å². The van der Waals surface area contributed by atoms with Gasteiger partial charge in [0, 0.05) is 18.8 Å². The molecular weight excluding hydrogens is 379 g/mol. The highest BCUT2D eigenvalue weighted by Gasteiger charge is 2.43. The first-order valence-electron chi connectivity index (χ1n) is 8.36. The second kappa shape index (κ2) is 7.86. The number of carbonyl (C=O) groups excluding carboxylic acids is 2. The van der Waals surface area contributed by atoms with Gasteiger partial charge in [-0.1, -0.05) is 35.3 Å². The molecule has 3 rings (SSSR count). The first-order chi connectivity index (χ1) is 12.5. The molecular formula is C18H20Cl2N2O4. The van der Waals surface area contributed by atoms with Crippen molar-refractivity contribution in [3.8, 4) is 0 Å². The molecule has 1 N–H and O–H groups in total. The Morgan fingerprint density at radius 2 is 2.04 bits per heavy atom. The Hall–Kier alpha value is -1.76. The van der Waals surface area contributed by atoms with E-state index in [2.05, 4.69) is 5.32 Å². The standard InChI is InChI=1S/C18H20Cl2N2O4/c1-10-14(17(23)26-9-8-25-2)16(12-4-3-5-13(19)15(12)20)21-18(24)22(10)11-6-7-11/h3-5,11,16H,6-9H2,1-2H3,(H,21,24)/t16-/m1/s1. The van der Waals surface area contributed by atoms with E-state index < -0.39 is 12.0 Å². The van der Waals surface area contributed by atoms with Crippen molar-refractivity contribution >= 4 is 35.2 Å². The van der Waals surface area contributed by atoms with E-state index in [1.807, 2.05) is 0 Å². The van der Waals surface area contributed by atoms with Gasteiger partial charge in [-0.15, -0.1) is 0 Å². The summed E-state index contributed by atoms with van der Waals surface area (Å²) in [5.74, 6) is -0.508. The van der Waals surface area contributed by atoms with E-state index in [1.54, 1.807) is 30.0 Å². The zero-order valence-corrected chi connectivity index (χ0v) is 16.1. The monoisotopic (exact) mass is 398 g/mol. The van der Waals surface area contributed by atoms with Crippen LogP contribution in [0.5, 0.6) is 0 Å². The van der Waals surface area contributed by atoms with Crippen LogP contribution in [0.15, 0.2) is 29.5 Å². The highest BCUT2D eigenvalue weighted by atomic mass is 35.5. The van der Waals surface area contributed by atoms with Gasteiger partial charge in [-0.25, -0.2) is 9.59 Å². The first-order valence-corrected chi connectivity index (χ1v) is 9.11. The molecule has 26 heavy (non-hydrogen) atoms. The maximum atomic E-state index is 12.8. The molecule has 0 saturated heterocycles. The molecule has 1 heterocycles. The predicted molar refractivity (Wildman–Crippen MR) is 98.1 cm³/mol. The lowest BCUT2D eigenvalue weighted by Crippen LogP contribution is -2.49. The van der Waals surface area contributed by atoms with E-state index in [9.17, 15) is 9.59 Å². The summed E-state index contributed by atoms with van der Waals surface area (Å²) >= 11 is 12.5. The van der Waals surface area contributed by atoms with Crippen molar-refractivity contribution in [2.45, 2.75) is 31.8 Å². The van der Waals surface area contributed by atoms with E-state index in [0.717, 1.165) is 12.8 Å². The molecule has 0 spiro atoms. The van der Waals surface area contributed by atoms with Gasteiger partial charge in [-0.3, -0.25) is 4.90 Å². The van der Waals surface area contributed by atoms with Crippen molar-refractivity contribution in [1.29, 1.82) is 0 Å². The molecule has 6 nitrogen and oxygen atoms in total. The van der Waals surface area contributed by atoms with Crippen LogP contribution in [0.2, 0.25) is 10.0 Å². The highest BCUT2D eigenvalue weighted by Crippen LogP contribution is 2.40. The fraction of sp³-hybridized carbons (Fsp3) is 0.444. The number of urea groups is 1. The number of nitrogens with zero attached hydrogens (tertiary/aromatic N) is 1. The minimum Gasteiger partial charge on any atom is -0.460 e. The van der Waals surface area contributed by atoms with Crippen LogP contribution in [0.1, 0.15) is 31.4 Å². The SMILES string of the molecule is COCCOC(=O)C1=C(C)N(C2CC2)C(=O)N[C@@H]1c1cccc(Cl)c1Cl. The average Bonchev–Trinajstić information content (AvgIpc) is 3.42. The summed E-state index contributed by atoms with van der Waals surface area (Å²) in [5, 5.41) is 3.53. The van der Waals surface area contributed by atoms with Gasteiger partial charge in [0.15, 0.2) is 0 Å². The molecule has 1 aromatic carbocycles. The number of ether oxygens (including phenoxy) is 2. The molecule has 1 atom stereocenters. The highest BCUT2D eigenvalue weighted by molar-refractivity contribution is 6.42. The molecule has 0 unspecified atom stereocenters. The van der Waals surface area contributed by atoms with Crippen LogP contribution in [0.3, 0.4) is 0 Å². The van der Waals surface area contributed by atoms with Crippen LogP contribution < -0.4 is 5.32 Å². The van der Waals surface area contributed by atoms with Gasteiger partial charge < -0.3 is 14.8 Å². The number of hydrogen-bond acceptors (Lipinski definition) is 4. The molecule has 0 aromatic heterocycles. The Morgan fingerprint density at radius 1 is 1.31 bits per heavy atom. The normalized spacial score (nSPS) is 20.2. The minimum absolute atomic E-state index is 0.118. The number of rotatable bonds is 6. The Morgan fingerprint density at radius 3 is 2.69 bits per heavy atom. The molecule has 2 aliphatic rings. The summed E-state index contributed by atoms with van der Waals surface area (Å²) in [6.45, 7) is 2.17. The lowest BCUT2D eigenvalue weighted by molar-refractivity contribution is -0.140. The lowest BCUT2D eigenvalue weighted by atomic mass is 9.94. The number of methoxy groups -OCH3 is 1. The summed E-state index contributed by atoms with van der Waals surface area (Å²) in [5.41, 5.74) is 1.50. The van der Waals surface area contributed by atoms with Crippen LogP contribution >= 0.6 is 23.2 Å². The number of allylic oxidation sites excluding steroid dienone is 1. The van der Waals surface area contributed by atoms with Crippen LogP contribution in [-0.2, 0) is 14.3 Å². The Bertz CT molecular complexity index is 762. The van der Waals surface area contributed by atoms with E-state index >= 15 is 0 Å². The second-order valence-electron chi connectivity index (χ2n) is 6.25. The van der Waals surface area contributed by atoms with Gasteiger partial charge in [0.1, 0.15) is 6.61 Å². The van der Waals surface area contributed by atoms with Crippen molar-refractivity contribution in [1.82, 2.24) is 10.2 Å². The van der Waals surface area contributed by atoms with Crippen molar-refractivity contribution < 1.29 is 19.1 Å². The Labute approximate surface area is 162 Å². The minimum atomic E-state index is -0.723. The van der Waals surface area contributed by atoms with Gasteiger partial charge in [-0.05, 0) is 31.4 Å². The molecule has 0 radical (unpaired) electrons. The molecule has 0 bridgehead atoms. The maximum absolute atomic E-state index is 12.8. The van der Waals surface area contributed by atoms with Gasteiger partial charge in [-0.2, -0.15) is 0 Å². The molecule has 8 heteroatoms. The summed E-state index contributed by atoms with van der Waals surface area (Å²) in [7, 11) is 1.53.